The second kappa shape index (κ2) is 5.90. The summed E-state index contributed by atoms with van der Waals surface area (Å²) in [5.41, 5.74) is 2.39. The zero-order chi connectivity index (χ0) is 11.9. The van der Waals surface area contributed by atoms with Gasteiger partial charge in [-0.1, -0.05) is 54.6 Å². The molecule has 0 saturated carbocycles. The molecule has 0 aliphatic heterocycles. The fraction of sp³-hybridized carbons (Fsp3) is 0.125. The molecule has 0 amide bonds. The first-order valence-electron chi connectivity index (χ1n) is 5.84. The van der Waals surface area contributed by atoms with Crippen LogP contribution in [0.2, 0.25) is 0 Å². The number of hydrogen-bond donors (Lipinski definition) is 0. The van der Waals surface area contributed by atoms with Crippen LogP contribution < -0.4 is 4.74 Å². The van der Waals surface area contributed by atoms with Crippen molar-refractivity contribution in [3.05, 3.63) is 65.7 Å². The second-order valence-electron chi connectivity index (χ2n) is 3.75. The van der Waals surface area contributed by atoms with E-state index in [9.17, 15) is 0 Å². The van der Waals surface area contributed by atoms with E-state index in [4.69, 9.17) is 4.74 Å². The summed E-state index contributed by atoms with van der Waals surface area (Å²) in [4.78, 5) is 0. The van der Waals surface area contributed by atoms with E-state index in [-0.39, 0.29) is 0 Å². The van der Waals surface area contributed by atoms with Crippen LogP contribution in [0.15, 0.2) is 54.6 Å². The Labute approximate surface area is 102 Å². The van der Waals surface area contributed by atoms with E-state index < -0.39 is 0 Å². The molecule has 0 bridgehead atoms. The van der Waals surface area contributed by atoms with Gasteiger partial charge in [0.2, 0.25) is 0 Å². The van der Waals surface area contributed by atoms with E-state index in [0.717, 1.165) is 5.75 Å². The van der Waals surface area contributed by atoms with Gasteiger partial charge in [0.25, 0.3) is 0 Å². The summed E-state index contributed by atoms with van der Waals surface area (Å²) in [5, 5.41) is 0. The number of benzene rings is 2. The molecule has 0 aliphatic carbocycles. The molecule has 2 aromatic rings. The highest BCUT2D eigenvalue weighted by Crippen LogP contribution is 2.14. The quantitative estimate of drug-likeness (QED) is 0.705. The maximum absolute atomic E-state index is 5.40. The Bertz CT molecular complexity index is 469. The monoisotopic (exact) mass is 224 g/mol. The molecule has 2 aromatic carbocycles. The Morgan fingerprint density at radius 1 is 0.824 bits per heavy atom. The molecular weight excluding hydrogens is 208 g/mol. The molecule has 2 rings (SSSR count). The summed E-state index contributed by atoms with van der Waals surface area (Å²) in [5.74, 6) is 0.921. The Morgan fingerprint density at radius 3 is 2.00 bits per heavy atom. The zero-order valence-electron chi connectivity index (χ0n) is 9.97. The summed E-state index contributed by atoms with van der Waals surface area (Å²) in [6.07, 6.45) is 4.21. The Kier molecular flexibility index (Phi) is 3.98. The van der Waals surface area contributed by atoms with Crippen LogP contribution in [0.1, 0.15) is 18.1 Å². The molecule has 0 heterocycles. The van der Waals surface area contributed by atoms with Crippen molar-refractivity contribution in [3.8, 4) is 5.75 Å². The second-order valence-corrected chi connectivity index (χ2v) is 3.75. The van der Waals surface area contributed by atoms with E-state index in [1.54, 1.807) is 0 Å². The van der Waals surface area contributed by atoms with Crippen molar-refractivity contribution in [2.75, 3.05) is 6.61 Å². The van der Waals surface area contributed by atoms with Gasteiger partial charge in [0.05, 0.1) is 6.61 Å². The predicted molar refractivity (Wildman–Crippen MR) is 73.0 cm³/mol. The van der Waals surface area contributed by atoms with Crippen LogP contribution in [0.25, 0.3) is 12.2 Å². The number of rotatable bonds is 4. The first-order valence-corrected chi connectivity index (χ1v) is 5.84. The third-order valence-corrected chi connectivity index (χ3v) is 2.46. The third kappa shape index (κ3) is 3.49. The van der Waals surface area contributed by atoms with Crippen LogP contribution in [0.4, 0.5) is 0 Å². The molecular formula is C16H16O. The van der Waals surface area contributed by atoms with Gasteiger partial charge in [-0.2, -0.15) is 0 Å². The van der Waals surface area contributed by atoms with Crippen LogP contribution in [0.3, 0.4) is 0 Å². The lowest BCUT2D eigenvalue weighted by atomic mass is 10.1. The molecule has 0 atom stereocenters. The highest BCUT2D eigenvalue weighted by Gasteiger charge is 1.91. The highest BCUT2D eigenvalue weighted by molar-refractivity contribution is 5.69. The van der Waals surface area contributed by atoms with Crippen molar-refractivity contribution in [1.29, 1.82) is 0 Å². The van der Waals surface area contributed by atoms with Gasteiger partial charge in [0.15, 0.2) is 0 Å². The molecule has 0 fully saturated rings. The van der Waals surface area contributed by atoms with Crippen LogP contribution >= 0.6 is 0 Å². The van der Waals surface area contributed by atoms with Crippen molar-refractivity contribution >= 4 is 12.2 Å². The van der Waals surface area contributed by atoms with E-state index >= 15 is 0 Å². The van der Waals surface area contributed by atoms with Crippen molar-refractivity contribution in [2.45, 2.75) is 6.92 Å². The van der Waals surface area contributed by atoms with E-state index in [1.807, 2.05) is 37.3 Å². The van der Waals surface area contributed by atoms with Crippen LogP contribution in [-0.2, 0) is 0 Å². The summed E-state index contributed by atoms with van der Waals surface area (Å²) in [7, 11) is 0. The van der Waals surface area contributed by atoms with Crippen molar-refractivity contribution in [1.82, 2.24) is 0 Å². The SMILES string of the molecule is CCOc1ccc(/C=C\c2ccccc2)cc1. The predicted octanol–water partition coefficient (Wildman–Crippen LogP) is 4.26. The first-order chi connectivity index (χ1) is 8.38. The molecule has 0 spiro atoms. The fourth-order valence-electron chi connectivity index (χ4n) is 1.60. The minimum absolute atomic E-state index is 0.708. The molecule has 0 aromatic heterocycles. The number of hydrogen-bond acceptors (Lipinski definition) is 1. The van der Waals surface area contributed by atoms with Crippen LogP contribution in [-0.4, -0.2) is 6.61 Å². The Morgan fingerprint density at radius 2 is 1.41 bits per heavy atom. The standard InChI is InChI=1S/C16H16O/c1-2-17-16-12-10-15(11-13-16)9-8-14-6-4-3-5-7-14/h3-13H,2H2,1H3/b9-8-. The van der Waals surface area contributed by atoms with Crippen LogP contribution in [0, 0.1) is 0 Å². The molecule has 0 unspecified atom stereocenters. The van der Waals surface area contributed by atoms with E-state index in [0.29, 0.717) is 6.61 Å². The van der Waals surface area contributed by atoms with Crippen LogP contribution in [0.5, 0.6) is 5.75 Å². The summed E-state index contributed by atoms with van der Waals surface area (Å²) >= 11 is 0. The number of ether oxygens (including phenoxy) is 1. The molecule has 86 valence electrons. The fourth-order valence-corrected chi connectivity index (χ4v) is 1.60. The summed E-state index contributed by atoms with van der Waals surface area (Å²) < 4.78 is 5.40. The van der Waals surface area contributed by atoms with Crippen molar-refractivity contribution < 1.29 is 4.74 Å². The minimum atomic E-state index is 0.708. The topological polar surface area (TPSA) is 9.23 Å². The maximum atomic E-state index is 5.40. The van der Waals surface area contributed by atoms with Gasteiger partial charge in [-0.3, -0.25) is 0 Å². The zero-order valence-corrected chi connectivity index (χ0v) is 9.97. The lowest BCUT2D eigenvalue weighted by Crippen LogP contribution is -1.90. The summed E-state index contributed by atoms with van der Waals surface area (Å²) in [6, 6.07) is 18.4. The summed E-state index contributed by atoms with van der Waals surface area (Å²) in [6.45, 7) is 2.70. The van der Waals surface area contributed by atoms with E-state index in [2.05, 4.69) is 36.4 Å². The van der Waals surface area contributed by atoms with E-state index in [1.165, 1.54) is 11.1 Å². The largest absolute Gasteiger partial charge is 0.494 e. The van der Waals surface area contributed by atoms with Gasteiger partial charge in [-0.25, -0.2) is 0 Å². The maximum Gasteiger partial charge on any atom is 0.119 e. The molecule has 1 nitrogen and oxygen atoms in total. The molecule has 0 N–H and O–H groups in total. The van der Waals surface area contributed by atoms with Gasteiger partial charge < -0.3 is 4.74 Å². The Balaban J connectivity index is 2.06. The first kappa shape index (κ1) is 11.5. The van der Waals surface area contributed by atoms with Gasteiger partial charge >= 0.3 is 0 Å². The van der Waals surface area contributed by atoms with Gasteiger partial charge in [0.1, 0.15) is 5.75 Å². The van der Waals surface area contributed by atoms with Gasteiger partial charge in [-0.05, 0) is 30.2 Å². The third-order valence-electron chi connectivity index (χ3n) is 2.46. The van der Waals surface area contributed by atoms with Gasteiger partial charge in [0, 0.05) is 0 Å². The molecule has 17 heavy (non-hydrogen) atoms. The average Bonchev–Trinajstić information content (AvgIpc) is 2.40. The minimum Gasteiger partial charge on any atom is -0.494 e. The van der Waals surface area contributed by atoms with Crippen molar-refractivity contribution in [2.24, 2.45) is 0 Å². The highest BCUT2D eigenvalue weighted by atomic mass is 16.5. The van der Waals surface area contributed by atoms with Gasteiger partial charge in [-0.15, -0.1) is 0 Å². The molecule has 0 saturated heterocycles. The molecule has 0 aliphatic rings. The molecule has 0 radical (unpaired) electrons. The molecule has 1 heteroatoms. The normalized spacial score (nSPS) is 10.6. The average molecular weight is 224 g/mol. The lowest BCUT2D eigenvalue weighted by Gasteiger charge is -2.02. The Hall–Kier alpha value is -2.02. The lowest BCUT2D eigenvalue weighted by molar-refractivity contribution is 0.340. The van der Waals surface area contributed by atoms with Crippen molar-refractivity contribution in [3.63, 3.8) is 0 Å². The smallest absolute Gasteiger partial charge is 0.119 e.